The lowest BCUT2D eigenvalue weighted by molar-refractivity contribution is 0.385. The molecule has 3 aromatic carbocycles. The predicted molar refractivity (Wildman–Crippen MR) is 114 cm³/mol. The third-order valence-electron chi connectivity index (χ3n) is 4.36. The molecule has 5 nitrogen and oxygen atoms in total. The largest absolute Gasteiger partial charge is 0.494 e. The van der Waals surface area contributed by atoms with Crippen LogP contribution < -0.4 is 9.46 Å². The zero-order valence-corrected chi connectivity index (χ0v) is 17.3. The molecule has 0 fully saturated rings. The fourth-order valence-corrected chi connectivity index (χ4v) is 5.00. The summed E-state index contributed by atoms with van der Waals surface area (Å²) >= 11 is 1.58. The third-order valence-corrected chi connectivity index (χ3v) is 6.81. The van der Waals surface area contributed by atoms with Gasteiger partial charge in [0, 0.05) is 11.3 Å². The smallest absolute Gasteiger partial charge is 0.262 e. The van der Waals surface area contributed by atoms with E-state index in [1.807, 2.05) is 19.1 Å². The first-order chi connectivity index (χ1) is 13.9. The first-order valence-corrected chi connectivity index (χ1v) is 11.0. The molecule has 4 aromatic rings. The van der Waals surface area contributed by atoms with Crippen LogP contribution in [0, 0.1) is 12.7 Å². The second-order valence-corrected chi connectivity index (χ2v) is 9.18. The highest BCUT2D eigenvalue weighted by molar-refractivity contribution is 7.92. The molecule has 29 heavy (non-hydrogen) atoms. The predicted octanol–water partition coefficient (Wildman–Crippen LogP) is 5.22. The molecule has 1 heterocycles. The molecule has 0 saturated carbocycles. The summed E-state index contributed by atoms with van der Waals surface area (Å²) in [4.78, 5) is 4.45. The normalized spacial score (nSPS) is 11.6. The Hall–Kier alpha value is -2.97. The van der Waals surface area contributed by atoms with Crippen molar-refractivity contribution in [1.82, 2.24) is 4.98 Å². The van der Waals surface area contributed by atoms with Crippen molar-refractivity contribution < 1.29 is 17.5 Å². The third kappa shape index (κ3) is 3.94. The molecule has 1 aromatic heterocycles. The maximum Gasteiger partial charge on any atom is 0.262 e. The molecule has 148 valence electrons. The number of rotatable bonds is 5. The highest BCUT2D eigenvalue weighted by Crippen LogP contribution is 2.31. The number of halogens is 1. The maximum atomic E-state index is 13.9. The molecule has 0 bridgehead atoms. The SMILES string of the molecule is COc1ccc(S(=O)(=O)Nc2ccc(-c3nc4ccc(C)cc4s3)cc2)cc1F. The lowest BCUT2D eigenvalue weighted by Gasteiger charge is -2.10. The van der Waals surface area contributed by atoms with E-state index in [1.54, 1.807) is 35.6 Å². The summed E-state index contributed by atoms with van der Waals surface area (Å²) in [6, 6.07) is 16.5. The van der Waals surface area contributed by atoms with E-state index in [9.17, 15) is 12.8 Å². The molecular formula is C21H17FN2O3S2. The number of nitrogens with zero attached hydrogens (tertiary/aromatic N) is 1. The fraction of sp³-hybridized carbons (Fsp3) is 0.0952. The van der Waals surface area contributed by atoms with Gasteiger partial charge in [0.1, 0.15) is 5.01 Å². The number of hydrogen-bond acceptors (Lipinski definition) is 5. The number of fused-ring (bicyclic) bond motifs is 1. The number of anilines is 1. The van der Waals surface area contributed by atoms with E-state index in [4.69, 9.17) is 4.74 Å². The van der Waals surface area contributed by atoms with E-state index in [1.165, 1.54) is 24.8 Å². The van der Waals surface area contributed by atoms with Crippen molar-refractivity contribution in [2.24, 2.45) is 0 Å². The second kappa shape index (κ2) is 7.46. The molecule has 0 saturated heterocycles. The maximum absolute atomic E-state index is 13.9. The molecule has 0 atom stereocenters. The van der Waals surface area contributed by atoms with Crippen molar-refractivity contribution in [3.63, 3.8) is 0 Å². The van der Waals surface area contributed by atoms with Gasteiger partial charge in [-0.1, -0.05) is 6.07 Å². The standard InChI is InChI=1S/C21H17FN2O3S2/c1-13-3-9-18-20(11-13)28-21(23-18)14-4-6-15(7-5-14)24-29(25,26)16-8-10-19(27-2)17(22)12-16/h3-12,24H,1-2H3. The van der Waals surface area contributed by atoms with E-state index in [2.05, 4.69) is 15.8 Å². The minimum absolute atomic E-state index is 0.0145. The van der Waals surface area contributed by atoms with Gasteiger partial charge >= 0.3 is 0 Å². The van der Waals surface area contributed by atoms with Crippen LogP contribution in [0.5, 0.6) is 5.75 Å². The topological polar surface area (TPSA) is 68.3 Å². The van der Waals surface area contributed by atoms with Gasteiger partial charge in [0.2, 0.25) is 0 Å². The number of aryl methyl sites for hydroxylation is 1. The van der Waals surface area contributed by atoms with Gasteiger partial charge in [0.25, 0.3) is 10.0 Å². The molecule has 0 radical (unpaired) electrons. The molecule has 0 aliphatic carbocycles. The first kappa shape index (κ1) is 19.4. The van der Waals surface area contributed by atoms with Gasteiger partial charge in [-0.25, -0.2) is 17.8 Å². The van der Waals surface area contributed by atoms with Crippen LogP contribution in [0.3, 0.4) is 0 Å². The second-order valence-electron chi connectivity index (χ2n) is 6.47. The lowest BCUT2D eigenvalue weighted by atomic mass is 10.2. The quantitative estimate of drug-likeness (QED) is 0.473. The molecule has 0 amide bonds. The molecule has 0 aliphatic rings. The van der Waals surface area contributed by atoms with E-state index in [-0.39, 0.29) is 10.6 Å². The molecule has 8 heteroatoms. The highest BCUT2D eigenvalue weighted by atomic mass is 32.2. The van der Waals surface area contributed by atoms with Gasteiger partial charge in [-0.2, -0.15) is 0 Å². The van der Waals surface area contributed by atoms with E-state index in [0.29, 0.717) is 5.69 Å². The van der Waals surface area contributed by atoms with Crippen molar-refractivity contribution in [2.45, 2.75) is 11.8 Å². The Bertz CT molecular complexity index is 1300. The van der Waals surface area contributed by atoms with Crippen molar-refractivity contribution in [3.05, 3.63) is 72.0 Å². The summed E-state index contributed by atoms with van der Waals surface area (Å²) in [5.74, 6) is -0.754. The Morgan fingerprint density at radius 3 is 2.48 bits per heavy atom. The Labute approximate surface area is 171 Å². The molecule has 0 unspecified atom stereocenters. The van der Waals surface area contributed by atoms with Crippen LogP contribution in [0.25, 0.3) is 20.8 Å². The first-order valence-electron chi connectivity index (χ1n) is 8.70. The number of aromatic nitrogens is 1. The van der Waals surface area contributed by atoms with Gasteiger partial charge in [-0.3, -0.25) is 4.72 Å². The van der Waals surface area contributed by atoms with Crippen LogP contribution in [-0.4, -0.2) is 20.5 Å². The van der Waals surface area contributed by atoms with Crippen molar-refractivity contribution in [1.29, 1.82) is 0 Å². The van der Waals surface area contributed by atoms with Crippen LogP contribution in [0.2, 0.25) is 0 Å². The molecule has 0 spiro atoms. The Kier molecular flexibility index (Phi) is 4.97. The Morgan fingerprint density at radius 2 is 1.79 bits per heavy atom. The fourth-order valence-electron chi connectivity index (χ4n) is 2.86. The lowest BCUT2D eigenvalue weighted by Crippen LogP contribution is -2.13. The summed E-state index contributed by atoms with van der Waals surface area (Å²) in [6.45, 7) is 2.04. The van der Waals surface area contributed by atoms with Crippen molar-refractivity contribution >= 4 is 37.3 Å². The summed E-state index contributed by atoms with van der Waals surface area (Å²) in [5.41, 5.74) is 3.37. The van der Waals surface area contributed by atoms with Gasteiger partial charge in [0.05, 0.1) is 22.2 Å². The summed E-state index contributed by atoms with van der Waals surface area (Å²) in [6.07, 6.45) is 0. The van der Waals surface area contributed by atoms with Crippen molar-refractivity contribution in [2.75, 3.05) is 11.8 Å². The molecule has 4 rings (SSSR count). The minimum atomic E-state index is -3.92. The molecule has 1 N–H and O–H groups in total. The summed E-state index contributed by atoms with van der Waals surface area (Å²) in [5, 5.41) is 0.859. The van der Waals surface area contributed by atoms with Crippen LogP contribution in [0.15, 0.2) is 65.6 Å². The van der Waals surface area contributed by atoms with Gasteiger partial charge in [-0.15, -0.1) is 11.3 Å². The number of thiazole rings is 1. The van der Waals surface area contributed by atoms with Gasteiger partial charge < -0.3 is 4.74 Å². The van der Waals surface area contributed by atoms with E-state index >= 15 is 0 Å². The summed E-state index contributed by atoms with van der Waals surface area (Å²) in [7, 11) is -2.60. The van der Waals surface area contributed by atoms with Gasteiger partial charge in [0.15, 0.2) is 11.6 Å². The van der Waals surface area contributed by atoms with E-state index < -0.39 is 15.8 Å². The van der Waals surface area contributed by atoms with Crippen LogP contribution >= 0.6 is 11.3 Å². The Balaban J connectivity index is 1.58. The van der Waals surface area contributed by atoms with Crippen LogP contribution in [-0.2, 0) is 10.0 Å². The van der Waals surface area contributed by atoms with Gasteiger partial charge in [-0.05, 0) is 67.1 Å². The number of methoxy groups -OCH3 is 1. The number of hydrogen-bond donors (Lipinski definition) is 1. The number of ether oxygens (including phenoxy) is 1. The average Bonchev–Trinajstić information content (AvgIpc) is 3.11. The molecule has 0 aliphatic heterocycles. The summed E-state index contributed by atoms with van der Waals surface area (Å²) < 4.78 is 47.3. The van der Waals surface area contributed by atoms with Crippen LogP contribution in [0.4, 0.5) is 10.1 Å². The van der Waals surface area contributed by atoms with Crippen LogP contribution in [0.1, 0.15) is 5.56 Å². The number of nitrogens with one attached hydrogen (secondary N) is 1. The zero-order valence-electron chi connectivity index (χ0n) is 15.6. The minimum Gasteiger partial charge on any atom is -0.494 e. The monoisotopic (exact) mass is 428 g/mol. The number of benzene rings is 3. The van der Waals surface area contributed by atoms with Crippen molar-refractivity contribution in [3.8, 4) is 16.3 Å². The zero-order chi connectivity index (χ0) is 20.6. The average molecular weight is 429 g/mol. The van der Waals surface area contributed by atoms with E-state index in [0.717, 1.165) is 26.9 Å². The number of sulfonamides is 1. The molecular weight excluding hydrogens is 411 g/mol. The Morgan fingerprint density at radius 1 is 1.03 bits per heavy atom. The highest BCUT2D eigenvalue weighted by Gasteiger charge is 2.17.